The van der Waals surface area contributed by atoms with Crippen LogP contribution in [0.5, 0.6) is 0 Å². The second-order valence-electron chi connectivity index (χ2n) is 4.12. The fourth-order valence-corrected chi connectivity index (χ4v) is 2.04. The number of nitrogens with zero attached hydrogens (tertiary/aromatic N) is 3. The first-order valence-corrected chi connectivity index (χ1v) is 5.30. The SMILES string of the molecule is Cn1cnc2c1CCN(C[C@@H](O)CN)C2. The van der Waals surface area contributed by atoms with Crippen LogP contribution < -0.4 is 5.73 Å². The summed E-state index contributed by atoms with van der Waals surface area (Å²) in [5, 5.41) is 9.47. The van der Waals surface area contributed by atoms with E-state index < -0.39 is 6.10 Å². The van der Waals surface area contributed by atoms with Gasteiger partial charge in [0.2, 0.25) is 0 Å². The lowest BCUT2D eigenvalue weighted by Crippen LogP contribution is -2.39. The number of aryl methyl sites for hydroxylation is 1. The van der Waals surface area contributed by atoms with E-state index in [-0.39, 0.29) is 0 Å². The molecule has 0 amide bonds. The molecule has 0 spiro atoms. The molecule has 1 aliphatic heterocycles. The van der Waals surface area contributed by atoms with Crippen molar-refractivity contribution in [3.05, 3.63) is 17.7 Å². The Labute approximate surface area is 89.5 Å². The third-order valence-electron chi connectivity index (χ3n) is 2.92. The Hall–Kier alpha value is -0.910. The average Bonchev–Trinajstić information content (AvgIpc) is 2.60. The van der Waals surface area contributed by atoms with E-state index in [0.717, 1.165) is 25.2 Å². The van der Waals surface area contributed by atoms with Crippen molar-refractivity contribution in [3.8, 4) is 0 Å². The first-order chi connectivity index (χ1) is 7.20. The Bertz CT molecular complexity index is 336. The number of β-amino-alcohol motifs (C(OH)–C–C–N with tert-alkyl or cyclic N) is 1. The van der Waals surface area contributed by atoms with Crippen molar-refractivity contribution in [1.29, 1.82) is 0 Å². The molecular weight excluding hydrogens is 192 g/mol. The van der Waals surface area contributed by atoms with Crippen molar-refractivity contribution in [2.75, 3.05) is 19.6 Å². The van der Waals surface area contributed by atoms with Gasteiger partial charge >= 0.3 is 0 Å². The molecule has 0 unspecified atom stereocenters. The van der Waals surface area contributed by atoms with Gasteiger partial charge in [0, 0.05) is 45.3 Å². The van der Waals surface area contributed by atoms with Gasteiger partial charge in [0.1, 0.15) is 0 Å². The number of aliphatic hydroxyl groups excluding tert-OH is 1. The number of nitrogens with two attached hydrogens (primary N) is 1. The Kier molecular flexibility index (Phi) is 3.04. The standard InChI is InChI=1S/C10H18N4O/c1-13-7-12-9-6-14(3-2-10(9)13)5-8(15)4-11/h7-8,15H,2-6,11H2,1H3/t8-/m0/s1. The molecule has 0 aliphatic carbocycles. The van der Waals surface area contributed by atoms with Crippen molar-refractivity contribution in [1.82, 2.24) is 14.5 Å². The van der Waals surface area contributed by atoms with Crippen LogP contribution in [0.1, 0.15) is 11.4 Å². The molecule has 84 valence electrons. The second-order valence-corrected chi connectivity index (χ2v) is 4.12. The summed E-state index contributed by atoms with van der Waals surface area (Å²) in [5.74, 6) is 0. The molecule has 15 heavy (non-hydrogen) atoms. The zero-order valence-electron chi connectivity index (χ0n) is 9.06. The number of aliphatic hydroxyl groups is 1. The van der Waals surface area contributed by atoms with Crippen LogP contribution in [0.4, 0.5) is 0 Å². The molecule has 2 rings (SSSR count). The van der Waals surface area contributed by atoms with Gasteiger partial charge in [-0.3, -0.25) is 4.90 Å². The maximum atomic E-state index is 9.47. The van der Waals surface area contributed by atoms with E-state index in [2.05, 4.69) is 14.5 Å². The maximum Gasteiger partial charge on any atom is 0.0949 e. The predicted molar refractivity (Wildman–Crippen MR) is 57.3 cm³/mol. The van der Waals surface area contributed by atoms with Gasteiger partial charge in [0.05, 0.1) is 18.1 Å². The number of fused-ring (bicyclic) bond motifs is 1. The van der Waals surface area contributed by atoms with Crippen LogP contribution in [0.25, 0.3) is 0 Å². The van der Waals surface area contributed by atoms with Gasteiger partial charge in [-0.2, -0.15) is 0 Å². The third-order valence-corrected chi connectivity index (χ3v) is 2.92. The van der Waals surface area contributed by atoms with Crippen LogP contribution in [0.3, 0.4) is 0 Å². The van der Waals surface area contributed by atoms with Crippen molar-refractivity contribution >= 4 is 0 Å². The van der Waals surface area contributed by atoms with E-state index in [1.165, 1.54) is 5.69 Å². The van der Waals surface area contributed by atoms with E-state index in [0.29, 0.717) is 13.1 Å². The Balaban J connectivity index is 2.00. The summed E-state index contributed by atoms with van der Waals surface area (Å²) >= 11 is 0. The molecule has 1 atom stereocenters. The molecule has 0 aromatic carbocycles. The quantitative estimate of drug-likeness (QED) is 0.678. The van der Waals surface area contributed by atoms with Gasteiger partial charge in [0.25, 0.3) is 0 Å². The molecule has 1 aliphatic rings. The number of rotatable bonds is 3. The number of hydrogen-bond donors (Lipinski definition) is 2. The zero-order chi connectivity index (χ0) is 10.8. The lowest BCUT2D eigenvalue weighted by atomic mass is 10.1. The molecule has 3 N–H and O–H groups in total. The van der Waals surface area contributed by atoms with Crippen LogP contribution in [-0.2, 0) is 20.0 Å². The minimum Gasteiger partial charge on any atom is -0.390 e. The number of hydrogen-bond acceptors (Lipinski definition) is 4. The Morgan fingerprint density at radius 2 is 2.47 bits per heavy atom. The average molecular weight is 210 g/mol. The van der Waals surface area contributed by atoms with Crippen molar-refractivity contribution in [2.45, 2.75) is 19.1 Å². The highest BCUT2D eigenvalue weighted by molar-refractivity contribution is 5.16. The highest BCUT2D eigenvalue weighted by Gasteiger charge is 2.20. The molecular formula is C10H18N4O. The van der Waals surface area contributed by atoms with Crippen molar-refractivity contribution < 1.29 is 5.11 Å². The topological polar surface area (TPSA) is 67.3 Å². The predicted octanol–water partition coefficient (Wildman–Crippen LogP) is -0.902. The number of imidazole rings is 1. The van der Waals surface area contributed by atoms with E-state index >= 15 is 0 Å². The summed E-state index contributed by atoms with van der Waals surface area (Å²) in [4.78, 5) is 6.55. The van der Waals surface area contributed by atoms with Crippen LogP contribution in [-0.4, -0.2) is 45.3 Å². The molecule has 0 radical (unpaired) electrons. The summed E-state index contributed by atoms with van der Waals surface area (Å²) in [6.07, 6.45) is 2.44. The largest absolute Gasteiger partial charge is 0.390 e. The molecule has 0 saturated carbocycles. The van der Waals surface area contributed by atoms with Crippen molar-refractivity contribution in [2.24, 2.45) is 12.8 Å². The van der Waals surface area contributed by atoms with E-state index in [9.17, 15) is 5.11 Å². The van der Waals surface area contributed by atoms with Crippen LogP contribution >= 0.6 is 0 Å². The molecule has 1 aromatic rings. The Morgan fingerprint density at radius 3 is 3.20 bits per heavy atom. The van der Waals surface area contributed by atoms with Crippen LogP contribution in [0.15, 0.2) is 6.33 Å². The van der Waals surface area contributed by atoms with E-state index in [1.54, 1.807) is 0 Å². The zero-order valence-corrected chi connectivity index (χ0v) is 9.06. The van der Waals surface area contributed by atoms with Gasteiger partial charge in [-0.05, 0) is 0 Å². The minimum absolute atomic E-state index is 0.325. The fourth-order valence-electron chi connectivity index (χ4n) is 2.04. The molecule has 2 heterocycles. The van der Waals surface area contributed by atoms with E-state index in [4.69, 9.17) is 5.73 Å². The molecule has 5 nitrogen and oxygen atoms in total. The van der Waals surface area contributed by atoms with Gasteiger partial charge < -0.3 is 15.4 Å². The third kappa shape index (κ3) is 2.19. The second kappa shape index (κ2) is 4.30. The first kappa shape index (κ1) is 10.6. The van der Waals surface area contributed by atoms with Crippen LogP contribution in [0, 0.1) is 0 Å². The molecule has 0 bridgehead atoms. The normalized spacial score (nSPS) is 18.9. The summed E-state index contributed by atoms with van der Waals surface area (Å²) in [6, 6.07) is 0. The molecule has 0 saturated heterocycles. The van der Waals surface area contributed by atoms with Gasteiger partial charge in [-0.15, -0.1) is 0 Å². The monoisotopic (exact) mass is 210 g/mol. The lowest BCUT2D eigenvalue weighted by Gasteiger charge is -2.28. The Morgan fingerprint density at radius 1 is 1.67 bits per heavy atom. The maximum absolute atomic E-state index is 9.47. The summed E-state index contributed by atoms with van der Waals surface area (Å²) in [6.45, 7) is 2.77. The number of aromatic nitrogens is 2. The summed E-state index contributed by atoms with van der Waals surface area (Å²) in [5.41, 5.74) is 7.84. The molecule has 5 heteroatoms. The summed E-state index contributed by atoms with van der Waals surface area (Å²) in [7, 11) is 2.02. The van der Waals surface area contributed by atoms with Crippen molar-refractivity contribution in [3.63, 3.8) is 0 Å². The highest BCUT2D eigenvalue weighted by Crippen LogP contribution is 2.16. The first-order valence-electron chi connectivity index (χ1n) is 5.30. The van der Waals surface area contributed by atoms with Crippen LogP contribution in [0.2, 0.25) is 0 Å². The molecule has 1 aromatic heterocycles. The highest BCUT2D eigenvalue weighted by atomic mass is 16.3. The fraction of sp³-hybridized carbons (Fsp3) is 0.700. The molecule has 0 fully saturated rings. The van der Waals surface area contributed by atoms with Gasteiger partial charge in [-0.25, -0.2) is 4.98 Å². The van der Waals surface area contributed by atoms with E-state index in [1.807, 2.05) is 13.4 Å². The smallest absolute Gasteiger partial charge is 0.0949 e. The van der Waals surface area contributed by atoms with Gasteiger partial charge in [-0.1, -0.05) is 0 Å². The minimum atomic E-state index is -0.421. The lowest BCUT2D eigenvalue weighted by molar-refractivity contribution is 0.110. The van der Waals surface area contributed by atoms with Gasteiger partial charge in [0.15, 0.2) is 0 Å². The summed E-state index contributed by atoms with van der Waals surface area (Å²) < 4.78 is 2.08.